The highest BCUT2D eigenvalue weighted by molar-refractivity contribution is 5.89. The molecule has 152 valence electrons. The fraction of sp³-hybridized carbons (Fsp3) is 0.455. The summed E-state index contributed by atoms with van der Waals surface area (Å²) in [5.41, 5.74) is 3.17. The van der Waals surface area contributed by atoms with Gasteiger partial charge in [0.15, 0.2) is 5.82 Å². The van der Waals surface area contributed by atoms with Crippen LogP contribution in [0.15, 0.2) is 34.9 Å². The Labute approximate surface area is 170 Å². The molecule has 7 nitrogen and oxygen atoms in total. The zero-order valence-corrected chi connectivity index (χ0v) is 16.8. The number of hydrogen-bond donors (Lipinski definition) is 2. The van der Waals surface area contributed by atoms with Crippen LogP contribution in [0, 0.1) is 12.8 Å². The number of amides is 1. The number of rotatable bonds is 7. The van der Waals surface area contributed by atoms with Crippen LogP contribution in [-0.4, -0.2) is 26.2 Å². The molecule has 1 aliphatic rings. The molecule has 1 amide bonds. The summed E-state index contributed by atoms with van der Waals surface area (Å²) in [5, 5.41) is 14.1. The average molecular weight is 393 g/mol. The molecule has 4 rings (SSSR count). The second-order valence-corrected chi connectivity index (χ2v) is 7.91. The van der Waals surface area contributed by atoms with E-state index in [2.05, 4.69) is 25.7 Å². The van der Waals surface area contributed by atoms with Crippen LogP contribution in [0.5, 0.6) is 0 Å². The van der Waals surface area contributed by atoms with Gasteiger partial charge in [0.2, 0.25) is 17.6 Å². The topological polar surface area (TPSA) is 96.7 Å². The zero-order valence-electron chi connectivity index (χ0n) is 16.8. The van der Waals surface area contributed by atoms with Gasteiger partial charge in [0.05, 0.1) is 0 Å². The molecule has 0 atom stereocenters. The Morgan fingerprint density at radius 2 is 2.00 bits per heavy atom. The molecule has 7 heteroatoms. The lowest BCUT2D eigenvalue weighted by Crippen LogP contribution is -2.12. The third-order valence-corrected chi connectivity index (χ3v) is 5.48. The maximum Gasteiger partial charge on any atom is 0.227 e. The predicted octanol–water partition coefficient (Wildman–Crippen LogP) is 4.46. The molecule has 2 heterocycles. The molecule has 2 aromatic heterocycles. The fourth-order valence-corrected chi connectivity index (χ4v) is 3.83. The molecule has 29 heavy (non-hydrogen) atoms. The summed E-state index contributed by atoms with van der Waals surface area (Å²) in [6, 6.07) is 9.86. The van der Waals surface area contributed by atoms with E-state index in [0.717, 1.165) is 23.6 Å². The summed E-state index contributed by atoms with van der Waals surface area (Å²) in [4.78, 5) is 16.6. The second kappa shape index (κ2) is 9.03. The van der Waals surface area contributed by atoms with Gasteiger partial charge in [0, 0.05) is 30.2 Å². The monoisotopic (exact) mass is 393 g/mol. The Morgan fingerprint density at radius 1 is 1.21 bits per heavy atom. The van der Waals surface area contributed by atoms with Crippen LogP contribution in [0.4, 0.5) is 5.82 Å². The molecule has 0 aliphatic heterocycles. The number of nitrogens with one attached hydrogen (secondary N) is 2. The molecule has 0 radical (unpaired) electrons. The van der Waals surface area contributed by atoms with E-state index in [9.17, 15) is 4.79 Å². The Morgan fingerprint density at radius 3 is 2.79 bits per heavy atom. The maximum atomic E-state index is 12.2. The zero-order chi connectivity index (χ0) is 20.1. The van der Waals surface area contributed by atoms with Gasteiger partial charge in [-0.15, -0.1) is 0 Å². The summed E-state index contributed by atoms with van der Waals surface area (Å²) in [6.45, 7) is 2.03. The van der Waals surface area contributed by atoms with Crippen LogP contribution >= 0.6 is 0 Å². The van der Waals surface area contributed by atoms with Gasteiger partial charge >= 0.3 is 0 Å². The van der Waals surface area contributed by atoms with Crippen molar-refractivity contribution in [2.45, 2.75) is 58.3 Å². The predicted molar refractivity (Wildman–Crippen MR) is 110 cm³/mol. The van der Waals surface area contributed by atoms with Crippen molar-refractivity contribution in [2.24, 2.45) is 5.92 Å². The molecule has 1 aromatic carbocycles. The SMILES string of the molecule is Cc1ccc(-c2noc(CCC(=O)Nc3cc(CC4CCCCC4)[nH]n3)n2)cc1. The van der Waals surface area contributed by atoms with Gasteiger partial charge in [0.25, 0.3) is 0 Å². The molecular formula is C22H27N5O2. The molecular weight excluding hydrogens is 366 g/mol. The van der Waals surface area contributed by atoms with Crippen LogP contribution < -0.4 is 5.32 Å². The Hall–Kier alpha value is -2.96. The maximum absolute atomic E-state index is 12.2. The normalized spacial score (nSPS) is 14.8. The van der Waals surface area contributed by atoms with Crippen molar-refractivity contribution in [3.63, 3.8) is 0 Å². The third-order valence-electron chi connectivity index (χ3n) is 5.48. The van der Waals surface area contributed by atoms with Gasteiger partial charge < -0.3 is 9.84 Å². The number of aromatic amines is 1. The van der Waals surface area contributed by atoms with Gasteiger partial charge in [-0.1, -0.05) is 67.1 Å². The van der Waals surface area contributed by atoms with Crippen molar-refractivity contribution < 1.29 is 9.32 Å². The first-order valence-corrected chi connectivity index (χ1v) is 10.4. The highest BCUT2D eigenvalue weighted by Gasteiger charge is 2.16. The Bertz CT molecular complexity index is 938. The quantitative estimate of drug-likeness (QED) is 0.618. The number of carbonyl (C=O) groups excluding carboxylic acids is 1. The number of hydrogen-bond acceptors (Lipinski definition) is 5. The summed E-state index contributed by atoms with van der Waals surface area (Å²) < 4.78 is 5.28. The summed E-state index contributed by atoms with van der Waals surface area (Å²) in [7, 11) is 0. The number of anilines is 1. The largest absolute Gasteiger partial charge is 0.339 e. The smallest absolute Gasteiger partial charge is 0.227 e. The van der Waals surface area contributed by atoms with E-state index in [4.69, 9.17) is 4.52 Å². The van der Waals surface area contributed by atoms with Gasteiger partial charge in [-0.2, -0.15) is 10.1 Å². The van der Waals surface area contributed by atoms with Gasteiger partial charge in [0.1, 0.15) is 0 Å². The Kier molecular flexibility index (Phi) is 6.03. The van der Waals surface area contributed by atoms with E-state index in [1.54, 1.807) is 0 Å². The van der Waals surface area contributed by atoms with E-state index < -0.39 is 0 Å². The molecule has 3 aromatic rings. The summed E-state index contributed by atoms with van der Waals surface area (Å²) in [5.74, 6) is 2.19. The van der Waals surface area contributed by atoms with Crippen molar-refractivity contribution in [1.29, 1.82) is 0 Å². The minimum absolute atomic E-state index is 0.115. The molecule has 0 unspecified atom stereocenters. The summed E-state index contributed by atoms with van der Waals surface area (Å²) in [6.07, 6.45) is 8.24. The second-order valence-electron chi connectivity index (χ2n) is 7.91. The van der Waals surface area contributed by atoms with Crippen molar-refractivity contribution in [3.8, 4) is 11.4 Å². The standard InChI is InChI=1S/C22H27N5O2/c1-15-7-9-17(10-8-15)22-24-21(29-27-22)12-11-20(28)23-19-14-18(25-26-19)13-16-5-3-2-4-6-16/h7-10,14,16H,2-6,11-13H2,1H3,(H2,23,25,26,28). The van der Waals surface area contributed by atoms with Crippen LogP contribution in [0.25, 0.3) is 11.4 Å². The number of nitrogens with zero attached hydrogens (tertiary/aromatic N) is 3. The van der Waals surface area contributed by atoms with Crippen molar-refractivity contribution >= 4 is 11.7 Å². The molecule has 1 fully saturated rings. The highest BCUT2D eigenvalue weighted by atomic mass is 16.5. The highest BCUT2D eigenvalue weighted by Crippen LogP contribution is 2.26. The number of aromatic nitrogens is 4. The number of aryl methyl sites for hydroxylation is 2. The molecule has 0 saturated heterocycles. The molecule has 0 spiro atoms. The molecule has 1 saturated carbocycles. The average Bonchev–Trinajstić information content (AvgIpc) is 3.37. The number of H-pyrrole nitrogens is 1. The lowest BCUT2D eigenvalue weighted by Gasteiger charge is -2.20. The van der Waals surface area contributed by atoms with E-state index in [1.165, 1.54) is 37.7 Å². The molecule has 2 N–H and O–H groups in total. The van der Waals surface area contributed by atoms with Crippen molar-refractivity contribution in [2.75, 3.05) is 5.32 Å². The van der Waals surface area contributed by atoms with Gasteiger partial charge in [-0.3, -0.25) is 9.89 Å². The first kappa shape index (κ1) is 19.4. The van der Waals surface area contributed by atoms with Crippen LogP contribution in [0.3, 0.4) is 0 Å². The van der Waals surface area contributed by atoms with Gasteiger partial charge in [-0.05, 0) is 19.3 Å². The van der Waals surface area contributed by atoms with E-state index in [0.29, 0.717) is 24.0 Å². The lowest BCUT2D eigenvalue weighted by molar-refractivity contribution is -0.116. The lowest BCUT2D eigenvalue weighted by atomic mass is 9.86. The van der Waals surface area contributed by atoms with E-state index in [1.807, 2.05) is 37.3 Å². The summed E-state index contributed by atoms with van der Waals surface area (Å²) >= 11 is 0. The van der Waals surface area contributed by atoms with Crippen molar-refractivity contribution in [1.82, 2.24) is 20.3 Å². The minimum Gasteiger partial charge on any atom is -0.339 e. The van der Waals surface area contributed by atoms with Crippen LogP contribution in [0.1, 0.15) is 55.7 Å². The van der Waals surface area contributed by atoms with Crippen LogP contribution in [-0.2, 0) is 17.6 Å². The Balaban J connectivity index is 1.25. The van der Waals surface area contributed by atoms with Gasteiger partial charge in [-0.25, -0.2) is 0 Å². The number of carbonyl (C=O) groups is 1. The fourth-order valence-electron chi connectivity index (χ4n) is 3.83. The van der Waals surface area contributed by atoms with E-state index >= 15 is 0 Å². The number of benzene rings is 1. The molecule has 0 bridgehead atoms. The van der Waals surface area contributed by atoms with Crippen molar-refractivity contribution in [3.05, 3.63) is 47.5 Å². The first-order chi connectivity index (χ1) is 14.2. The van der Waals surface area contributed by atoms with Crippen LogP contribution in [0.2, 0.25) is 0 Å². The van der Waals surface area contributed by atoms with E-state index in [-0.39, 0.29) is 12.3 Å². The third kappa shape index (κ3) is 5.31. The molecule has 1 aliphatic carbocycles. The first-order valence-electron chi connectivity index (χ1n) is 10.4. The minimum atomic E-state index is -0.115.